The van der Waals surface area contributed by atoms with Gasteiger partial charge in [0.05, 0.1) is 12.6 Å². The van der Waals surface area contributed by atoms with Gasteiger partial charge in [-0.3, -0.25) is 4.79 Å². The molecule has 2 aromatic carbocycles. The largest absolute Gasteiger partial charge is 0.457 e. The van der Waals surface area contributed by atoms with Crippen LogP contribution in [0, 0.1) is 0 Å². The van der Waals surface area contributed by atoms with Crippen molar-refractivity contribution in [3.05, 3.63) is 76.2 Å². The molecule has 23 heavy (non-hydrogen) atoms. The zero-order chi connectivity index (χ0) is 16.2. The normalized spacial score (nSPS) is 11.0. The molecule has 0 saturated carbocycles. The van der Waals surface area contributed by atoms with Crippen molar-refractivity contribution in [1.29, 1.82) is 0 Å². The number of para-hydroxylation sites is 1. The third-order valence-corrected chi connectivity index (χ3v) is 5.36. The van der Waals surface area contributed by atoms with Crippen LogP contribution in [0.5, 0.6) is 11.5 Å². The van der Waals surface area contributed by atoms with Gasteiger partial charge in [-0.15, -0.1) is 0 Å². The van der Waals surface area contributed by atoms with E-state index in [-0.39, 0.29) is 17.0 Å². The zero-order valence-corrected chi connectivity index (χ0v) is 15.7. The molecule has 0 saturated heterocycles. The molecule has 0 amide bonds. The Hall–Kier alpha value is -1.43. The minimum atomic E-state index is -0.276. The first-order valence-electron chi connectivity index (χ1n) is 6.67. The van der Waals surface area contributed by atoms with Crippen molar-refractivity contribution in [3.63, 3.8) is 0 Å². The molecule has 3 rings (SSSR count). The van der Waals surface area contributed by atoms with Gasteiger partial charge in [-0.05, 0) is 51.9 Å². The number of ether oxygens (including phenoxy) is 1. The van der Waals surface area contributed by atoms with Crippen molar-refractivity contribution in [2.75, 3.05) is 0 Å². The van der Waals surface area contributed by atoms with E-state index in [1.54, 1.807) is 6.20 Å². The minimum Gasteiger partial charge on any atom is -0.457 e. The van der Waals surface area contributed by atoms with Crippen LogP contribution in [-0.4, -0.2) is 9.55 Å². The summed E-state index contributed by atoms with van der Waals surface area (Å²) in [6, 6.07) is 16.9. The Kier molecular flexibility index (Phi) is 5.30. The summed E-state index contributed by atoms with van der Waals surface area (Å²) in [5.41, 5.74) is 1.17. The monoisotopic (exact) mass is 456 g/mol. The van der Waals surface area contributed by atoms with Gasteiger partial charge in [0.15, 0.2) is 0 Å². The summed E-state index contributed by atoms with van der Waals surface area (Å²) >= 11 is 8.27. The van der Waals surface area contributed by atoms with Crippen molar-refractivity contribution in [3.8, 4) is 22.6 Å². The van der Waals surface area contributed by atoms with Gasteiger partial charge in [0, 0.05) is 5.56 Å². The number of halogens is 2. The quantitative estimate of drug-likeness (QED) is 0.403. The Balaban J connectivity index is 1.88. The highest BCUT2D eigenvalue weighted by Gasteiger charge is 2.11. The van der Waals surface area contributed by atoms with Crippen molar-refractivity contribution in [2.45, 2.75) is 0 Å². The van der Waals surface area contributed by atoms with E-state index in [0.717, 1.165) is 11.3 Å². The van der Waals surface area contributed by atoms with Crippen molar-refractivity contribution < 1.29 is 4.74 Å². The molecule has 0 fully saturated rings. The highest BCUT2D eigenvalue weighted by Crippen LogP contribution is 2.29. The molecule has 1 unspecified atom stereocenters. The summed E-state index contributed by atoms with van der Waals surface area (Å²) in [6.45, 7) is 0. The first-order chi connectivity index (χ1) is 11.2. The lowest BCUT2D eigenvalue weighted by Crippen LogP contribution is -2.16. The fraction of sp³-hybridized carbons (Fsp3) is 0. The zero-order valence-electron chi connectivity index (χ0n) is 11.7. The maximum atomic E-state index is 12.0. The summed E-state index contributed by atoms with van der Waals surface area (Å²) in [5.74, 6) is 1.48. The second-order valence-electron chi connectivity index (χ2n) is 4.61. The summed E-state index contributed by atoms with van der Waals surface area (Å²) in [6.07, 6.45) is 1.83. The molecule has 0 aliphatic rings. The molecule has 0 aliphatic heterocycles. The minimum absolute atomic E-state index is 0.181. The molecule has 3 aromatic rings. The van der Waals surface area contributed by atoms with E-state index in [0.29, 0.717) is 11.3 Å². The molecule has 7 heteroatoms. The standard InChI is InChI=1S/C16H11ClIN2O2P/c17-15-14(10-19-20(23-18)16(15)21)11-6-8-13(9-7-11)22-12-4-2-1-3-5-12/h1-10,23H. The number of aromatic nitrogens is 2. The van der Waals surface area contributed by atoms with E-state index >= 15 is 0 Å². The molecular formula is C16H11ClIN2O2P. The smallest absolute Gasteiger partial charge is 0.289 e. The first-order valence-corrected chi connectivity index (χ1v) is 11.1. The Morgan fingerprint density at radius 2 is 1.70 bits per heavy atom. The molecular weight excluding hydrogens is 446 g/mol. The molecule has 1 atom stereocenters. The van der Waals surface area contributed by atoms with Crippen LogP contribution in [0.4, 0.5) is 0 Å². The maximum Gasteiger partial charge on any atom is 0.289 e. The van der Waals surface area contributed by atoms with Gasteiger partial charge < -0.3 is 4.74 Å². The highest BCUT2D eigenvalue weighted by molar-refractivity contribution is 14.2. The van der Waals surface area contributed by atoms with Crippen LogP contribution in [0.2, 0.25) is 5.02 Å². The van der Waals surface area contributed by atoms with Crippen LogP contribution in [0.15, 0.2) is 65.6 Å². The number of benzene rings is 2. The summed E-state index contributed by atoms with van der Waals surface area (Å²) in [4.78, 5) is 12.0. The van der Waals surface area contributed by atoms with Gasteiger partial charge in [0.25, 0.3) is 5.56 Å². The molecule has 4 nitrogen and oxygen atoms in total. The molecule has 0 aliphatic carbocycles. The fourth-order valence-electron chi connectivity index (χ4n) is 2.02. The summed E-state index contributed by atoms with van der Waals surface area (Å²) < 4.78 is 7.09. The Labute approximate surface area is 152 Å². The predicted molar refractivity (Wildman–Crippen MR) is 103 cm³/mol. The van der Waals surface area contributed by atoms with E-state index in [1.165, 1.54) is 4.45 Å². The second-order valence-corrected chi connectivity index (χ2v) is 7.03. The lowest BCUT2D eigenvalue weighted by Gasteiger charge is -2.08. The van der Waals surface area contributed by atoms with Crippen LogP contribution in [-0.2, 0) is 0 Å². The molecule has 0 N–H and O–H groups in total. The second kappa shape index (κ2) is 7.43. The summed E-state index contributed by atoms with van der Waals surface area (Å²) in [7, 11) is 0. The van der Waals surface area contributed by atoms with E-state index < -0.39 is 0 Å². The molecule has 1 heterocycles. The maximum absolute atomic E-state index is 12.0. The number of hydrogen-bond acceptors (Lipinski definition) is 3. The molecule has 0 spiro atoms. The Morgan fingerprint density at radius 3 is 2.35 bits per heavy atom. The van der Waals surface area contributed by atoms with Crippen LogP contribution >= 0.6 is 40.0 Å². The van der Waals surface area contributed by atoms with Gasteiger partial charge in [0.1, 0.15) is 16.5 Å². The lowest BCUT2D eigenvalue weighted by molar-refractivity contribution is 0.483. The Bertz CT molecular complexity index is 869. The first kappa shape index (κ1) is 16.4. The van der Waals surface area contributed by atoms with E-state index in [1.807, 2.05) is 54.6 Å². The molecule has 0 radical (unpaired) electrons. The van der Waals surface area contributed by atoms with Crippen LogP contribution in [0.3, 0.4) is 0 Å². The highest BCUT2D eigenvalue weighted by atomic mass is 127. The summed E-state index contributed by atoms with van der Waals surface area (Å²) in [5, 5.41) is 4.30. The van der Waals surface area contributed by atoms with Crippen LogP contribution in [0.1, 0.15) is 0 Å². The Morgan fingerprint density at radius 1 is 1.04 bits per heavy atom. The van der Waals surface area contributed by atoms with Gasteiger partial charge in [-0.1, -0.05) is 41.9 Å². The third kappa shape index (κ3) is 3.74. The van der Waals surface area contributed by atoms with Crippen molar-refractivity contribution in [1.82, 2.24) is 9.55 Å². The predicted octanol–water partition coefficient (Wildman–Crippen LogP) is 5.15. The van der Waals surface area contributed by atoms with E-state index in [4.69, 9.17) is 16.3 Å². The average molecular weight is 457 g/mol. The SMILES string of the molecule is O=c1c(Cl)c(-c2ccc(Oc3ccccc3)cc2)cnn1PI. The average Bonchev–Trinajstić information content (AvgIpc) is 2.59. The van der Waals surface area contributed by atoms with Gasteiger partial charge in [-0.2, -0.15) is 5.10 Å². The third-order valence-electron chi connectivity index (χ3n) is 3.14. The van der Waals surface area contributed by atoms with Gasteiger partial charge in [0.2, 0.25) is 0 Å². The van der Waals surface area contributed by atoms with Crippen LogP contribution < -0.4 is 10.3 Å². The lowest BCUT2D eigenvalue weighted by atomic mass is 10.1. The molecule has 0 bridgehead atoms. The van der Waals surface area contributed by atoms with Gasteiger partial charge >= 0.3 is 0 Å². The van der Waals surface area contributed by atoms with Gasteiger partial charge in [-0.25, -0.2) is 4.45 Å². The fourth-order valence-corrected chi connectivity index (χ4v) is 3.65. The molecule has 1 aromatic heterocycles. The van der Waals surface area contributed by atoms with Crippen molar-refractivity contribution >= 4 is 40.0 Å². The van der Waals surface area contributed by atoms with E-state index in [9.17, 15) is 4.79 Å². The van der Waals surface area contributed by atoms with E-state index in [2.05, 4.69) is 27.1 Å². The number of hydrogen-bond donors (Lipinski definition) is 0. The molecule has 116 valence electrons. The van der Waals surface area contributed by atoms with Crippen molar-refractivity contribution in [2.24, 2.45) is 0 Å². The number of rotatable bonds is 4. The topological polar surface area (TPSA) is 44.1 Å². The van der Waals surface area contributed by atoms with Crippen LogP contribution in [0.25, 0.3) is 11.1 Å². The number of nitrogens with zero attached hydrogens (tertiary/aromatic N) is 2.